The summed E-state index contributed by atoms with van der Waals surface area (Å²) in [7, 11) is 0. The lowest BCUT2D eigenvalue weighted by atomic mass is 10.0. The Labute approximate surface area is 127 Å². The molecule has 0 aliphatic heterocycles. The van der Waals surface area contributed by atoms with Gasteiger partial charge in [-0.05, 0) is 32.9 Å². The third-order valence-electron chi connectivity index (χ3n) is 2.49. The molecule has 7 nitrogen and oxygen atoms in total. The molecule has 0 heterocycles. The second kappa shape index (κ2) is 6.73. The highest BCUT2D eigenvalue weighted by Gasteiger charge is 2.25. The maximum atomic E-state index is 11.8. The van der Waals surface area contributed by atoms with Crippen molar-refractivity contribution in [1.82, 2.24) is 5.32 Å². The summed E-state index contributed by atoms with van der Waals surface area (Å²) < 4.78 is 5.11. The largest absolute Gasteiger partial charge is 0.444 e. The molecule has 0 aliphatic carbocycles. The molecule has 3 N–H and O–H groups in total. The van der Waals surface area contributed by atoms with Gasteiger partial charge in [0.1, 0.15) is 5.60 Å². The van der Waals surface area contributed by atoms with E-state index in [2.05, 4.69) is 5.32 Å². The van der Waals surface area contributed by atoms with Crippen LogP contribution in [0.15, 0.2) is 18.2 Å². The second-order valence-corrected chi connectivity index (χ2v) is 5.83. The van der Waals surface area contributed by atoms with Gasteiger partial charge in [0.05, 0.1) is 16.5 Å². The van der Waals surface area contributed by atoms with Crippen molar-refractivity contribution in [3.63, 3.8) is 0 Å². The van der Waals surface area contributed by atoms with Crippen LogP contribution < -0.4 is 11.1 Å². The number of alkyl carbamates (subject to hydrolysis) is 1. The summed E-state index contributed by atoms with van der Waals surface area (Å²) in [6.07, 6.45) is -0.702. The van der Waals surface area contributed by atoms with Crippen LogP contribution in [0.25, 0.3) is 0 Å². The summed E-state index contributed by atoms with van der Waals surface area (Å²) in [6.45, 7) is 5.12. The van der Waals surface area contributed by atoms with E-state index >= 15 is 0 Å². The summed E-state index contributed by atoms with van der Waals surface area (Å²) in [5.74, 6) is 0. The van der Waals surface area contributed by atoms with Crippen LogP contribution in [0.3, 0.4) is 0 Å². The number of nitro groups is 1. The number of nitro benzene ring substituents is 1. The van der Waals surface area contributed by atoms with E-state index in [-0.39, 0.29) is 17.8 Å². The molecular formula is C13H18ClN3O4. The van der Waals surface area contributed by atoms with Crippen molar-refractivity contribution in [2.24, 2.45) is 5.73 Å². The molecule has 21 heavy (non-hydrogen) atoms. The standard InChI is InChI=1S/C13H18ClN3O4/c1-13(2,3)21-12(18)16-10(7-15)9-6-8(14)4-5-11(9)17(19)20/h4-6,10H,7,15H2,1-3H3,(H,16,18). The number of rotatable bonds is 4. The van der Waals surface area contributed by atoms with Gasteiger partial charge in [-0.1, -0.05) is 11.6 Å². The van der Waals surface area contributed by atoms with Crippen molar-refractivity contribution in [2.45, 2.75) is 32.4 Å². The average Bonchev–Trinajstić information content (AvgIpc) is 2.33. The van der Waals surface area contributed by atoms with Crippen molar-refractivity contribution < 1.29 is 14.5 Å². The molecule has 116 valence electrons. The fraction of sp³-hybridized carbons (Fsp3) is 0.462. The lowest BCUT2D eigenvalue weighted by Gasteiger charge is -2.23. The number of nitrogens with two attached hydrogens (primary N) is 1. The van der Waals surface area contributed by atoms with E-state index in [0.717, 1.165) is 0 Å². The zero-order valence-corrected chi connectivity index (χ0v) is 12.8. The first-order chi connectivity index (χ1) is 9.64. The van der Waals surface area contributed by atoms with Crippen LogP contribution in [0, 0.1) is 10.1 Å². The van der Waals surface area contributed by atoms with Crippen LogP contribution in [0.5, 0.6) is 0 Å². The first-order valence-electron chi connectivity index (χ1n) is 6.27. The molecule has 0 aromatic heterocycles. The normalized spacial score (nSPS) is 12.6. The maximum absolute atomic E-state index is 11.8. The number of benzene rings is 1. The Bertz CT molecular complexity index is 543. The SMILES string of the molecule is CC(C)(C)OC(=O)NC(CN)c1cc(Cl)ccc1[N+](=O)[O-]. The number of carbonyl (C=O) groups is 1. The molecule has 0 saturated carbocycles. The van der Waals surface area contributed by atoms with Gasteiger partial charge in [0.2, 0.25) is 0 Å². The van der Waals surface area contributed by atoms with Gasteiger partial charge in [-0.2, -0.15) is 0 Å². The van der Waals surface area contributed by atoms with Gasteiger partial charge < -0.3 is 15.8 Å². The van der Waals surface area contributed by atoms with Gasteiger partial charge in [0, 0.05) is 17.6 Å². The first kappa shape index (κ1) is 17.2. The molecule has 0 saturated heterocycles. The first-order valence-corrected chi connectivity index (χ1v) is 6.65. The average molecular weight is 316 g/mol. The van der Waals surface area contributed by atoms with Crippen LogP contribution in [0.4, 0.5) is 10.5 Å². The maximum Gasteiger partial charge on any atom is 0.408 e. The number of nitrogens with one attached hydrogen (secondary N) is 1. The Balaban J connectivity index is 3.02. The topological polar surface area (TPSA) is 107 Å². The molecule has 0 bridgehead atoms. The number of halogens is 1. The monoisotopic (exact) mass is 315 g/mol. The van der Waals surface area contributed by atoms with Crippen molar-refractivity contribution in [2.75, 3.05) is 6.54 Å². The fourth-order valence-corrected chi connectivity index (χ4v) is 1.86. The van der Waals surface area contributed by atoms with Crippen molar-refractivity contribution in [3.8, 4) is 0 Å². The Kier molecular flexibility index (Phi) is 5.51. The third-order valence-corrected chi connectivity index (χ3v) is 2.72. The zero-order valence-electron chi connectivity index (χ0n) is 12.1. The van der Waals surface area contributed by atoms with E-state index in [1.165, 1.54) is 18.2 Å². The summed E-state index contributed by atoms with van der Waals surface area (Å²) >= 11 is 5.86. The number of carbonyl (C=O) groups excluding carboxylic acids is 1. The van der Waals surface area contributed by atoms with Crippen LogP contribution in [-0.4, -0.2) is 23.2 Å². The quantitative estimate of drug-likeness (QED) is 0.656. The Morgan fingerprint density at radius 3 is 2.62 bits per heavy atom. The van der Waals surface area contributed by atoms with Gasteiger partial charge in [-0.15, -0.1) is 0 Å². The summed E-state index contributed by atoms with van der Waals surface area (Å²) in [4.78, 5) is 22.3. The lowest BCUT2D eigenvalue weighted by molar-refractivity contribution is -0.385. The molecule has 1 rings (SSSR count). The molecule has 1 unspecified atom stereocenters. The minimum absolute atomic E-state index is 0.0274. The van der Waals surface area contributed by atoms with Crippen LogP contribution in [0.1, 0.15) is 32.4 Å². The molecule has 1 aromatic carbocycles. The zero-order chi connectivity index (χ0) is 16.2. The Morgan fingerprint density at radius 2 is 2.14 bits per heavy atom. The van der Waals surface area contributed by atoms with Gasteiger partial charge in [0.15, 0.2) is 0 Å². The molecule has 0 aliphatic rings. The van der Waals surface area contributed by atoms with Gasteiger partial charge in [0.25, 0.3) is 5.69 Å². The molecule has 0 spiro atoms. The van der Waals surface area contributed by atoms with E-state index in [4.69, 9.17) is 22.1 Å². The summed E-state index contributed by atoms with van der Waals surface area (Å²) in [6, 6.07) is 3.33. The van der Waals surface area contributed by atoms with E-state index in [0.29, 0.717) is 5.02 Å². The highest BCUT2D eigenvalue weighted by molar-refractivity contribution is 6.30. The molecule has 0 fully saturated rings. The molecule has 1 amide bonds. The van der Waals surface area contributed by atoms with E-state index < -0.39 is 22.7 Å². The van der Waals surface area contributed by atoms with Gasteiger partial charge >= 0.3 is 6.09 Å². The van der Waals surface area contributed by atoms with Crippen molar-refractivity contribution >= 4 is 23.4 Å². The molecule has 0 radical (unpaired) electrons. The number of amides is 1. The van der Waals surface area contributed by atoms with Crippen LogP contribution >= 0.6 is 11.6 Å². The summed E-state index contributed by atoms with van der Waals surface area (Å²) in [5, 5.41) is 13.9. The summed E-state index contributed by atoms with van der Waals surface area (Å²) in [5.41, 5.74) is 5.00. The number of nitrogens with zero attached hydrogens (tertiary/aromatic N) is 1. The smallest absolute Gasteiger partial charge is 0.408 e. The second-order valence-electron chi connectivity index (χ2n) is 5.39. The molecule has 8 heteroatoms. The van der Waals surface area contributed by atoms with Crippen molar-refractivity contribution in [3.05, 3.63) is 38.9 Å². The fourth-order valence-electron chi connectivity index (χ4n) is 1.68. The highest BCUT2D eigenvalue weighted by atomic mass is 35.5. The minimum Gasteiger partial charge on any atom is -0.444 e. The van der Waals surface area contributed by atoms with E-state index in [9.17, 15) is 14.9 Å². The molecular weight excluding hydrogens is 298 g/mol. The van der Waals surface area contributed by atoms with Crippen LogP contribution in [-0.2, 0) is 4.74 Å². The Morgan fingerprint density at radius 1 is 1.52 bits per heavy atom. The number of hydrogen-bond acceptors (Lipinski definition) is 5. The molecule has 1 aromatic rings. The van der Waals surface area contributed by atoms with E-state index in [1.54, 1.807) is 20.8 Å². The number of hydrogen-bond donors (Lipinski definition) is 2. The van der Waals surface area contributed by atoms with Crippen LogP contribution in [0.2, 0.25) is 5.02 Å². The lowest BCUT2D eigenvalue weighted by Crippen LogP contribution is -2.38. The highest BCUT2D eigenvalue weighted by Crippen LogP contribution is 2.28. The number of ether oxygens (including phenoxy) is 1. The van der Waals surface area contributed by atoms with Gasteiger partial charge in [-0.25, -0.2) is 4.79 Å². The Hall–Kier alpha value is -1.86. The predicted octanol–water partition coefficient (Wildman–Crippen LogP) is 2.77. The minimum atomic E-state index is -0.765. The molecule has 1 atom stereocenters. The van der Waals surface area contributed by atoms with Crippen molar-refractivity contribution in [1.29, 1.82) is 0 Å². The third kappa shape index (κ3) is 5.20. The van der Waals surface area contributed by atoms with Gasteiger partial charge in [-0.3, -0.25) is 10.1 Å². The predicted molar refractivity (Wildman–Crippen MR) is 79.3 cm³/mol. The van der Waals surface area contributed by atoms with E-state index in [1.807, 2.05) is 0 Å².